The van der Waals surface area contributed by atoms with E-state index >= 15 is 0 Å². The number of carbonyl (C=O) groups is 4. The number of aromatic carboxylic acids is 4. The number of benzene rings is 8. The number of carboxylic acid groups (broad SMARTS) is 4. The van der Waals surface area contributed by atoms with Gasteiger partial charge in [0.15, 0.2) is 11.5 Å². The molecule has 422 valence electrons. The quantitative estimate of drug-likeness (QED) is 0.0372. The van der Waals surface area contributed by atoms with Crippen LogP contribution >= 0.6 is 0 Å². The molecule has 0 aliphatic carbocycles. The van der Waals surface area contributed by atoms with Gasteiger partial charge >= 0.3 is 23.9 Å². The average molecular weight is 1130 g/mol. The van der Waals surface area contributed by atoms with Crippen LogP contribution in [-0.4, -0.2) is 74.6 Å². The van der Waals surface area contributed by atoms with Gasteiger partial charge in [-0.3, -0.25) is 0 Å². The minimum atomic E-state index is -1.03. The van der Waals surface area contributed by atoms with Crippen LogP contribution in [0.15, 0.2) is 194 Å². The van der Waals surface area contributed by atoms with Gasteiger partial charge in [0.05, 0.1) is 46.0 Å². The second-order valence-corrected chi connectivity index (χ2v) is 19.0. The first kappa shape index (κ1) is 55.8. The first-order chi connectivity index (χ1) is 40.8. The SMILES string of the molecule is O=C(O)c1ccc(COc2cc(Cc3cn(Oc4cc(COc5ccccc5)cc(On5cc(Cc6cc(OCc7ccc(C(=O)O)cc7)cc(OCc7ccc(C(=O)O)cc7)c6)nn5)c4)nn3)cc(OCc3ccc(C(=O)O)cc3)c2)cc1. The van der Waals surface area contributed by atoms with Crippen LogP contribution in [0.4, 0.5) is 0 Å². The number of hydrogen-bond acceptors (Lipinski definition) is 15. The van der Waals surface area contributed by atoms with Gasteiger partial charge in [-0.05, 0) is 146 Å². The van der Waals surface area contributed by atoms with Crippen LogP contribution < -0.4 is 33.4 Å². The molecular weight excluding hydrogens is 1080 g/mol. The maximum Gasteiger partial charge on any atom is 0.335 e. The van der Waals surface area contributed by atoms with Crippen molar-refractivity contribution in [1.82, 2.24) is 30.3 Å². The van der Waals surface area contributed by atoms with E-state index in [1.165, 1.54) is 58.2 Å². The molecule has 8 aromatic carbocycles. The molecule has 84 heavy (non-hydrogen) atoms. The summed E-state index contributed by atoms with van der Waals surface area (Å²) in [5.41, 5.74) is 6.83. The zero-order chi connectivity index (χ0) is 58.4. The smallest absolute Gasteiger partial charge is 0.335 e. The molecule has 0 saturated heterocycles. The van der Waals surface area contributed by atoms with Crippen LogP contribution in [0.25, 0.3) is 0 Å². The fourth-order valence-corrected chi connectivity index (χ4v) is 8.39. The average Bonchev–Trinajstić information content (AvgIpc) is 4.17. The summed E-state index contributed by atoms with van der Waals surface area (Å²) in [5.74, 6) is -0.987. The zero-order valence-electron chi connectivity index (χ0n) is 44.4. The molecule has 0 amide bonds. The van der Waals surface area contributed by atoms with Gasteiger partial charge in [0.1, 0.15) is 61.8 Å². The maximum atomic E-state index is 11.4. The highest BCUT2D eigenvalue weighted by Gasteiger charge is 2.15. The summed E-state index contributed by atoms with van der Waals surface area (Å²) in [6.07, 6.45) is 3.78. The molecular formula is C63H50N6O15. The Balaban J connectivity index is 0.848. The Hall–Kier alpha value is -11.5. The van der Waals surface area contributed by atoms with Gasteiger partial charge in [0.2, 0.25) is 0 Å². The number of hydrogen-bond donors (Lipinski definition) is 4. The lowest BCUT2D eigenvalue weighted by Gasteiger charge is -2.13. The summed E-state index contributed by atoms with van der Waals surface area (Å²) in [6.45, 7) is 0.691. The Labute approximate surface area is 478 Å². The Morgan fingerprint density at radius 1 is 0.321 bits per heavy atom. The first-order valence-electron chi connectivity index (χ1n) is 25.9. The van der Waals surface area contributed by atoms with E-state index in [1.54, 1.807) is 91.3 Å². The highest BCUT2D eigenvalue weighted by atomic mass is 16.7. The van der Waals surface area contributed by atoms with Crippen molar-refractivity contribution in [1.29, 1.82) is 0 Å². The van der Waals surface area contributed by atoms with Gasteiger partial charge < -0.3 is 53.8 Å². The van der Waals surface area contributed by atoms with Gasteiger partial charge in [-0.25, -0.2) is 19.2 Å². The van der Waals surface area contributed by atoms with E-state index in [4.69, 9.17) is 33.4 Å². The van der Waals surface area contributed by atoms with E-state index in [9.17, 15) is 39.6 Å². The first-order valence-corrected chi connectivity index (χ1v) is 25.9. The lowest BCUT2D eigenvalue weighted by molar-refractivity contribution is 0.0686. The van der Waals surface area contributed by atoms with Gasteiger partial charge in [-0.1, -0.05) is 76.4 Å². The Morgan fingerprint density at radius 2 is 0.607 bits per heavy atom. The van der Waals surface area contributed by atoms with E-state index in [0.717, 1.165) is 33.4 Å². The number of carboxylic acids is 4. The van der Waals surface area contributed by atoms with Crippen molar-refractivity contribution in [2.45, 2.75) is 45.9 Å². The standard InChI is InChI=1S/C63H50N6O15/c70-60(71)47-14-6-40(7-15-47)35-79-54-24-44(25-55(30-54)80-36-41-8-16-48(17-9-41)61(72)73)22-51-33-68(66-64-51)83-58-28-46(39-78-53-4-2-1-3-5-53)29-59(32-58)84-69-34-52(65-67-69)23-45-26-56(81-37-42-10-18-49(19-11-42)62(74)75)31-57(27-45)82-38-43-12-20-50(21-13-43)63(76)77/h1-21,24-34H,22-23,35-39H2,(H,70,71)(H,72,73)(H,74,75)(H,76,77). The van der Waals surface area contributed by atoms with E-state index in [0.29, 0.717) is 57.2 Å². The Morgan fingerprint density at radius 3 is 0.929 bits per heavy atom. The number of aromatic nitrogens is 6. The predicted molar refractivity (Wildman–Crippen MR) is 299 cm³/mol. The number of rotatable bonds is 27. The monoisotopic (exact) mass is 1130 g/mol. The highest BCUT2D eigenvalue weighted by molar-refractivity contribution is 5.89. The number of para-hydroxylation sites is 1. The summed E-state index contributed by atoms with van der Waals surface area (Å²) >= 11 is 0. The van der Waals surface area contributed by atoms with Crippen molar-refractivity contribution >= 4 is 23.9 Å². The Bertz CT molecular complexity index is 3540. The summed E-state index contributed by atoms with van der Waals surface area (Å²) in [4.78, 5) is 60.6. The maximum absolute atomic E-state index is 11.4. The van der Waals surface area contributed by atoms with Crippen molar-refractivity contribution in [3.63, 3.8) is 0 Å². The lowest BCUT2D eigenvalue weighted by atomic mass is 10.1. The van der Waals surface area contributed by atoms with E-state index in [-0.39, 0.29) is 68.1 Å². The molecule has 21 nitrogen and oxygen atoms in total. The molecule has 2 aromatic heterocycles. The van der Waals surface area contributed by atoms with Crippen LogP contribution in [0.1, 0.15) is 91.8 Å². The van der Waals surface area contributed by atoms with Crippen LogP contribution in [0.5, 0.6) is 40.2 Å². The molecule has 2 heterocycles. The van der Waals surface area contributed by atoms with Gasteiger partial charge in [-0.2, -0.15) is 0 Å². The minimum Gasteiger partial charge on any atom is -0.489 e. The molecule has 10 aromatic rings. The lowest BCUT2D eigenvalue weighted by Crippen LogP contribution is -2.09. The van der Waals surface area contributed by atoms with Crippen LogP contribution in [-0.2, 0) is 45.9 Å². The van der Waals surface area contributed by atoms with Crippen molar-refractivity contribution in [2.24, 2.45) is 0 Å². The van der Waals surface area contributed by atoms with Crippen molar-refractivity contribution < 1.29 is 73.0 Å². The van der Waals surface area contributed by atoms with Crippen LogP contribution in [0.3, 0.4) is 0 Å². The van der Waals surface area contributed by atoms with Crippen molar-refractivity contribution in [3.05, 3.63) is 267 Å². The molecule has 0 bridgehead atoms. The fraction of sp³-hybridized carbons (Fsp3) is 0.111. The van der Waals surface area contributed by atoms with E-state index < -0.39 is 23.9 Å². The molecule has 10 rings (SSSR count). The third-order valence-corrected chi connectivity index (χ3v) is 12.6. The topological polar surface area (TPSA) is 275 Å². The normalized spacial score (nSPS) is 10.9. The molecule has 0 aliphatic rings. The fourth-order valence-electron chi connectivity index (χ4n) is 8.39. The second-order valence-electron chi connectivity index (χ2n) is 19.0. The minimum absolute atomic E-state index is 0.136. The molecule has 0 atom stereocenters. The highest BCUT2D eigenvalue weighted by Crippen LogP contribution is 2.30. The van der Waals surface area contributed by atoms with E-state index in [1.807, 2.05) is 54.6 Å². The van der Waals surface area contributed by atoms with Crippen LogP contribution in [0.2, 0.25) is 0 Å². The third kappa shape index (κ3) is 15.7. The van der Waals surface area contributed by atoms with Crippen LogP contribution in [0, 0.1) is 0 Å². The molecule has 4 N–H and O–H groups in total. The summed E-state index contributed by atoms with van der Waals surface area (Å²) in [6, 6.07) is 50.7. The van der Waals surface area contributed by atoms with E-state index in [2.05, 4.69) is 20.6 Å². The largest absolute Gasteiger partial charge is 0.489 e. The zero-order valence-corrected chi connectivity index (χ0v) is 44.4. The van der Waals surface area contributed by atoms with Crippen molar-refractivity contribution in [2.75, 3.05) is 0 Å². The Kier molecular flexibility index (Phi) is 17.4. The predicted octanol–water partition coefficient (Wildman–Crippen LogP) is 10.4. The molecule has 0 fully saturated rings. The van der Waals surface area contributed by atoms with Crippen molar-refractivity contribution in [3.8, 4) is 40.2 Å². The summed E-state index contributed by atoms with van der Waals surface area (Å²) in [5, 5.41) is 54.6. The summed E-state index contributed by atoms with van der Waals surface area (Å²) in [7, 11) is 0. The molecule has 21 heteroatoms. The molecule has 0 unspecified atom stereocenters. The van der Waals surface area contributed by atoms with Gasteiger partial charge in [-0.15, -0.1) is 10.2 Å². The van der Waals surface area contributed by atoms with Gasteiger partial charge in [0, 0.05) is 31.0 Å². The summed E-state index contributed by atoms with van der Waals surface area (Å²) < 4.78 is 30.8. The number of nitrogens with zero attached hydrogens (tertiary/aromatic N) is 6. The second kappa shape index (κ2) is 26.2. The third-order valence-electron chi connectivity index (χ3n) is 12.6. The molecule has 0 aliphatic heterocycles. The molecule has 0 radical (unpaired) electrons. The molecule has 0 saturated carbocycles. The van der Waals surface area contributed by atoms with Gasteiger partial charge in [0.25, 0.3) is 0 Å². The number of ether oxygens (including phenoxy) is 5. The molecule has 0 spiro atoms.